The van der Waals surface area contributed by atoms with Gasteiger partial charge in [-0.05, 0) is 0 Å². The van der Waals surface area contributed by atoms with Crippen molar-refractivity contribution in [2.24, 2.45) is 0 Å². The van der Waals surface area contributed by atoms with Crippen molar-refractivity contribution in [2.45, 2.75) is 0 Å². The van der Waals surface area contributed by atoms with Gasteiger partial charge in [0.15, 0.2) is 0 Å². The predicted octanol–water partition coefficient (Wildman–Crippen LogP) is -0.361. The van der Waals surface area contributed by atoms with E-state index in [0.717, 1.165) is 0 Å². The third-order valence-electron chi connectivity index (χ3n) is 0. The third-order valence-corrected chi connectivity index (χ3v) is 0. The molecule has 0 aliphatic rings. The van der Waals surface area contributed by atoms with E-state index in [9.17, 15) is 0 Å². The summed E-state index contributed by atoms with van der Waals surface area (Å²) in [4.78, 5) is 0. The summed E-state index contributed by atoms with van der Waals surface area (Å²) in [6.45, 7) is 0. The molecular formula is MoO3Zr. The summed E-state index contributed by atoms with van der Waals surface area (Å²) in [5.74, 6) is 0. The summed E-state index contributed by atoms with van der Waals surface area (Å²) >= 11 is 0. The summed E-state index contributed by atoms with van der Waals surface area (Å²) < 4.78 is 0. The zero-order valence-electron chi connectivity index (χ0n) is 2.13. The van der Waals surface area contributed by atoms with Gasteiger partial charge in [-0.1, -0.05) is 0 Å². The minimum absolute atomic E-state index is 0. The van der Waals surface area contributed by atoms with E-state index < -0.39 is 0 Å². The molecule has 0 aromatic carbocycles. The van der Waals surface area contributed by atoms with Crippen molar-refractivity contribution in [2.75, 3.05) is 0 Å². The standard InChI is InChI=1S/Mo.3O.Zr/q+2;3*-2;+4. The van der Waals surface area contributed by atoms with Crippen LogP contribution in [0.2, 0.25) is 0 Å². The van der Waals surface area contributed by atoms with Crippen molar-refractivity contribution in [1.29, 1.82) is 0 Å². The smallest absolute Gasteiger partial charge is 2.00 e. The normalized spacial score (nSPS) is 0. The molecule has 0 heterocycles. The molecule has 0 aliphatic heterocycles. The van der Waals surface area contributed by atoms with E-state index in [0.29, 0.717) is 0 Å². The van der Waals surface area contributed by atoms with E-state index in [-0.39, 0.29) is 63.7 Å². The molecule has 5 heavy (non-hydrogen) atoms. The van der Waals surface area contributed by atoms with Gasteiger partial charge >= 0.3 is 47.3 Å². The van der Waals surface area contributed by atoms with Gasteiger partial charge in [-0.2, -0.15) is 0 Å². The van der Waals surface area contributed by atoms with E-state index in [4.69, 9.17) is 0 Å². The zero-order chi connectivity index (χ0) is 0. The molecule has 0 aliphatic carbocycles. The minimum atomic E-state index is 0. The van der Waals surface area contributed by atoms with Crippen LogP contribution in [0.5, 0.6) is 0 Å². The van der Waals surface area contributed by atoms with Gasteiger partial charge in [-0.25, -0.2) is 0 Å². The molecule has 0 amide bonds. The Morgan fingerprint density at radius 3 is 0.600 bits per heavy atom. The summed E-state index contributed by atoms with van der Waals surface area (Å²) in [6.07, 6.45) is 0. The second kappa shape index (κ2) is 51.3. The monoisotopic (exact) mass is 236 g/mol. The predicted molar refractivity (Wildman–Crippen MR) is 2.06 cm³/mol. The first-order chi connectivity index (χ1) is 0. The fraction of sp³-hybridized carbons (Fsp3) is 0. The Balaban J connectivity index is 0. The van der Waals surface area contributed by atoms with Gasteiger partial charge in [-0.15, -0.1) is 0 Å². The third kappa shape index (κ3) is 30.8. The molecule has 5 heteroatoms. The largest absolute Gasteiger partial charge is 4.00 e. The van der Waals surface area contributed by atoms with Gasteiger partial charge in [0, 0.05) is 0 Å². The summed E-state index contributed by atoms with van der Waals surface area (Å²) in [6, 6.07) is 0. The van der Waals surface area contributed by atoms with Gasteiger partial charge < -0.3 is 16.4 Å². The topological polar surface area (TPSA) is 85.5 Å². The van der Waals surface area contributed by atoms with Crippen molar-refractivity contribution < 1.29 is 63.7 Å². The Morgan fingerprint density at radius 2 is 0.600 bits per heavy atom. The molecule has 3 nitrogen and oxygen atoms in total. The molecule has 0 aromatic heterocycles. The molecule has 0 aromatic rings. The second-order valence-electron chi connectivity index (χ2n) is 0. The molecule has 0 saturated carbocycles. The van der Waals surface area contributed by atoms with Gasteiger partial charge in [0.25, 0.3) is 0 Å². The van der Waals surface area contributed by atoms with Gasteiger partial charge in [0.2, 0.25) is 0 Å². The average Bonchev–Trinajstić information content (AvgIpc) is 0. The van der Waals surface area contributed by atoms with E-state index in [2.05, 4.69) is 0 Å². The van der Waals surface area contributed by atoms with Crippen LogP contribution in [0, 0.1) is 0 Å². The first kappa shape index (κ1) is 91.0. The Morgan fingerprint density at radius 1 is 0.600 bits per heavy atom. The fourth-order valence-electron chi connectivity index (χ4n) is 0. The van der Waals surface area contributed by atoms with Crippen LogP contribution in [0.3, 0.4) is 0 Å². The Hall–Kier alpha value is 1.45. The molecule has 0 fully saturated rings. The molecule has 0 spiro atoms. The average molecular weight is 235 g/mol. The van der Waals surface area contributed by atoms with Crippen molar-refractivity contribution >= 4 is 0 Å². The molecule has 0 unspecified atom stereocenters. The van der Waals surface area contributed by atoms with Crippen LogP contribution in [-0.2, 0) is 63.7 Å². The quantitative estimate of drug-likeness (QED) is 0.513. The van der Waals surface area contributed by atoms with Crippen LogP contribution >= 0.6 is 0 Å². The number of hydrogen-bond acceptors (Lipinski definition) is 0. The van der Waals surface area contributed by atoms with Crippen molar-refractivity contribution in [3.63, 3.8) is 0 Å². The molecule has 0 N–H and O–H groups in total. The summed E-state index contributed by atoms with van der Waals surface area (Å²) in [7, 11) is 0. The van der Waals surface area contributed by atoms with Crippen LogP contribution < -0.4 is 0 Å². The maximum atomic E-state index is 0. The van der Waals surface area contributed by atoms with Crippen LogP contribution in [-0.4, -0.2) is 0 Å². The molecule has 0 rings (SSSR count). The van der Waals surface area contributed by atoms with E-state index in [1.54, 1.807) is 0 Å². The van der Waals surface area contributed by atoms with Crippen molar-refractivity contribution in [3.05, 3.63) is 0 Å². The van der Waals surface area contributed by atoms with Crippen molar-refractivity contribution in [1.82, 2.24) is 0 Å². The minimum Gasteiger partial charge on any atom is -2.00 e. The summed E-state index contributed by atoms with van der Waals surface area (Å²) in [5, 5.41) is 0. The maximum absolute atomic E-state index is 0. The Kier molecular flexibility index (Phi) is 933. The molecule has 0 radical (unpaired) electrons. The van der Waals surface area contributed by atoms with E-state index in [1.807, 2.05) is 0 Å². The van der Waals surface area contributed by atoms with E-state index >= 15 is 0 Å². The van der Waals surface area contributed by atoms with Crippen LogP contribution in [0.25, 0.3) is 0 Å². The zero-order valence-corrected chi connectivity index (χ0v) is 6.60. The van der Waals surface area contributed by atoms with Gasteiger partial charge in [0.1, 0.15) is 0 Å². The van der Waals surface area contributed by atoms with E-state index in [1.165, 1.54) is 0 Å². The molecule has 28 valence electrons. The van der Waals surface area contributed by atoms with Crippen LogP contribution in [0.4, 0.5) is 0 Å². The number of rotatable bonds is 0. The maximum Gasteiger partial charge on any atom is 4.00 e. The second-order valence-corrected chi connectivity index (χ2v) is 0. The SMILES string of the molecule is [Mo+2].[O-2].[O-2].[O-2].[Zr+4]. The first-order valence-corrected chi connectivity index (χ1v) is 0. The van der Waals surface area contributed by atoms with Gasteiger partial charge in [-0.3, -0.25) is 0 Å². The molecule has 0 bridgehead atoms. The summed E-state index contributed by atoms with van der Waals surface area (Å²) in [5.41, 5.74) is 0. The van der Waals surface area contributed by atoms with Crippen LogP contribution in [0.1, 0.15) is 0 Å². The fourth-order valence-corrected chi connectivity index (χ4v) is 0. The molecule has 0 atom stereocenters. The Labute approximate surface area is 63.4 Å². The first-order valence-electron chi connectivity index (χ1n) is 0. The van der Waals surface area contributed by atoms with Gasteiger partial charge in [0.05, 0.1) is 0 Å². The Bertz CT molecular complexity index is 6.85. The van der Waals surface area contributed by atoms with Crippen molar-refractivity contribution in [3.8, 4) is 0 Å². The molecule has 0 saturated heterocycles. The molecular weight excluding hydrogens is 235 g/mol. The number of hydrogen-bond donors (Lipinski definition) is 0. The van der Waals surface area contributed by atoms with Crippen LogP contribution in [0.15, 0.2) is 0 Å².